The van der Waals surface area contributed by atoms with E-state index in [-0.39, 0.29) is 16.7 Å². The molecule has 2 aromatic carbocycles. The largest absolute Gasteiger partial charge is 0.508 e. The molecule has 0 radical (unpaired) electrons. The van der Waals surface area contributed by atoms with Crippen LogP contribution in [0.2, 0.25) is 0 Å². The molecular weight excluding hydrogens is 402 g/mol. The molecule has 1 aromatic heterocycles. The molecule has 0 spiro atoms. The summed E-state index contributed by atoms with van der Waals surface area (Å²) >= 11 is 0. The lowest BCUT2D eigenvalue weighted by Crippen LogP contribution is -2.18. The minimum absolute atomic E-state index is 0.0509. The fraction of sp³-hybridized carbons (Fsp3) is 0.238. The Bertz CT molecular complexity index is 1190. The van der Waals surface area contributed by atoms with Crippen LogP contribution in [0.4, 0.5) is 5.69 Å². The maximum atomic E-state index is 11.6. The van der Waals surface area contributed by atoms with Crippen molar-refractivity contribution < 1.29 is 13.5 Å². The maximum absolute atomic E-state index is 11.6. The molecule has 9 heteroatoms. The van der Waals surface area contributed by atoms with Crippen LogP contribution in [-0.4, -0.2) is 29.0 Å². The van der Waals surface area contributed by atoms with Gasteiger partial charge in [-0.1, -0.05) is 19.1 Å². The first-order chi connectivity index (χ1) is 14.3. The summed E-state index contributed by atoms with van der Waals surface area (Å²) in [5, 5.41) is 26.2. The van der Waals surface area contributed by atoms with Gasteiger partial charge in [-0.05, 0) is 42.8 Å². The monoisotopic (exact) mass is 425 g/mol. The number of benzene rings is 2. The Balaban J connectivity index is 1.73. The molecular formula is C21H23N5O3S. The molecule has 30 heavy (non-hydrogen) atoms. The third-order valence-electron chi connectivity index (χ3n) is 5.01. The van der Waals surface area contributed by atoms with E-state index in [1.807, 2.05) is 28.2 Å². The van der Waals surface area contributed by atoms with Crippen LogP contribution in [-0.2, 0) is 16.6 Å². The highest BCUT2D eigenvalue weighted by atomic mass is 32.2. The number of nitrogens with two attached hydrogens (primary N) is 1. The third kappa shape index (κ3) is 4.07. The number of sulfonamides is 1. The molecule has 1 atom stereocenters. The number of primary sulfonamides is 1. The summed E-state index contributed by atoms with van der Waals surface area (Å²) in [5.41, 5.74) is 3.42. The van der Waals surface area contributed by atoms with E-state index in [0.29, 0.717) is 6.42 Å². The Labute approximate surface area is 175 Å². The van der Waals surface area contributed by atoms with Gasteiger partial charge in [0.15, 0.2) is 0 Å². The summed E-state index contributed by atoms with van der Waals surface area (Å²) in [4.78, 5) is 0.0509. The number of phenolic OH excluding ortho intramolecular Hbond substituents is 1. The Hall–Kier alpha value is -3.17. The quantitative estimate of drug-likeness (QED) is 0.630. The van der Waals surface area contributed by atoms with E-state index in [2.05, 4.69) is 12.0 Å². The van der Waals surface area contributed by atoms with Gasteiger partial charge in [0, 0.05) is 30.3 Å². The van der Waals surface area contributed by atoms with Gasteiger partial charge in [0.2, 0.25) is 10.0 Å². The molecule has 4 rings (SSSR count). The first kappa shape index (κ1) is 20.1. The van der Waals surface area contributed by atoms with Gasteiger partial charge in [-0.2, -0.15) is 10.2 Å². The summed E-state index contributed by atoms with van der Waals surface area (Å²) in [6.45, 7) is 2.93. The zero-order chi connectivity index (χ0) is 21.3. The van der Waals surface area contributed by atoms with E-state index in [0.717, 1.165) is 35.5 Å². The number of aryl methyl sites for hydroxylation is 1. The van der Waals surface area contributed by atoms with Gasteiger partial charge in [0.05, 0.1) is 28.5 Å². The highest BCUT2D eigenvalue weighted by Gasteiger charge is 2.31. The second-order valence-corrected chi connectivity index (χ2v) is 8.80. The van der Waals surface area contributed by atoms with Crippen molar-refractivity contribution in [3.8, 4) is 5.75 Å². The summed E-state index contributed by atoms with van der Waals surface area (Å²) in [7, 11) is -3.77. The van der Waals surface area contributed by atoms with Crippen molar-refractivity contribution in [2.45, 2.75) is 37.2 Å². The van der Waals surface area contributed by atoms with Crippen molar-refractivity contribution >= 4 is 21.4 Å². The fourth-order valence-corrected chi connectivity index (χ4v) is 4.07. The second kappa shape index (κ2) is 7.92. The van der Waals surface area contributed by atoms with E-state index in [1.165, 1.54) is 12.1 Å². The average molecular weight is 426 g/mol. The van der Waals surface area contributed by atoms with Gasteiger partial charge in [-0.3, -0.25) is 9.69 Å². The van der Waals surface area contributed by atoms with Crippen LogP contribution in [0.1, 0.15) is 36.9 Å². The number of nitrogens with zero attached hydrogens (tertiary/aromatic N) is 4. The first-order valence-corrected chi connectivity index (χ1v) is 11.2. The van der Waals surface area contributed by atoms with Crippen molar-refractivity contribution in [2.24, 2.45) is 10.2 Å². The molecule has 8 nitrogen and oxygen atoms in total. The number of anilines is 1. The number of hydrogen-bond donors (Lipinski definition) is 2. The van der Waals surface area contributed by atoms with E-state index in [4.69, 9.17) is 10.2 Å². The molecule has 0 bridgehead atoms. The predicted molar refractivity (Wildman–Crippen MR) is 115 cm³/mol. The SMILES string of the molecule is CCCn1cc([C@@H]2CC(c3cccc(O)c3)=NN2c2ccc(S(N)(=O)=O)cc2)cn1. The predicted octanol–water partition coefficient (Wildman–Crippen LogP) is 3.00. The first-order valence-electron chi connectivity index (χ1n) is 9.66. The number of hydrazone groups is 1. The van der Waals surface area contributed by atoms with Crippen LogP contribution in [0.25, 0.3) is 0 Å². The Morgan fingerprint density at radius 1 is 1.20 bits per heavy atom. The summed E-state index contributed by atoms with van der Waals surface area (Å²) in [5.74, 6) is 0.179. The van der Waals surface area contributed by atoms with E-state index in [9.17, 15) is 13.5 Å². The fourth-order valence-electron chi connectivity index (χ4n) is 3.56. The maximum Gasteiger partial charge on any atom is 0.238 e. The zero-order valence-electron chi connectivity index (χ0n) is 16.5. The Kier molecular flexibility index (Phi) is 5.31. The van der Waals surface area contributed by atoms with Gasteiger partial charge >= 0.3 is 0 Å². The highest BCUT2D eigenvalue weighted by Crippen LogP contribution is 2.37. The normalized spacial score (nSPS) is 16.7. The lowest BCUT2D eigenvalue weighted by molar-refractivity contribution is 0.475. The van der Waals surface area contributed by atoms with Crippen LogP contribution in [0.3, 0.4) is 0 Å². The minimum atomic E-state index is -3.77. The molecule has 0 saturated carbocycles. The van der Waals surface area contributed by atoms with Gasteiger partial charge < -0.3 is 5.11 Å². The molecule has 0 unspecified atom stereocenters. The Morgan fingerprint density at radius 2 is 1.97 bits per heavy atom. The number of hydrogen-bond acceptors (Lipinski definition) is 6. The van der Waals surface area contributed by atoms with Crippen LogP contribution in [0.5, 0.6) is 5.75 Å². The van der Waals surface area contributed by atoms with Crippen LogP contribution in [0, 0.1) is 0 Å². The molecule has 0 saturated heterocycles. The second-order valence-electron chi connectivity index (χ2n) is 7.24. The molecule has 2 heterocycles. The summed E-state index contributed by atoms with van der Waals surface area (Å²) in [6, 6.07) is 13.2. The molecule has 0 aliphatic carbocycles. The standard InChI is InChI=1S/C21H23N5O3S/c1-2-10-25-14-16(13-23-25)21-12-20(15-4-3-5-18(27)11-15)24-26(21)17-6-8-19(9-7-17)30(22,28)29/h3-9,11,13-14,21,27H,2,10,12H2,1H3,(H2,22,28,29)/t21-/m0/s1. The van der Waals surface area contributed by atoms with E-state index < -0.39 is 10.0 Å². The number of phenols is 1. The van der Waals surface area contributed by atoms with Gasteiger partial charge in [-0.25, -0.2) is 13.6 Å². The van der Waals surface area contributed by atoms with E-state index in [1.54, 1.807) is 30.3 Å². The molecule has 1 aliphatic rings. The van der Waals surface area contributed by atoms with Crippen LogP contribution < -0.4 is 10.1 Å². The van der Waals surface area contributed by atoms with E-state index >= 15 is 0 Å². The van der Waals surface area contributed by atoms with Crippen LogP contribution in [0.15, 0.2) is 70.9 Å². The number of aromatic nitrogens is 2. The van der Waals surface area contributed by atoms with Crippen molar-refractivity contribution in [3.63, 3.8) is 0 Å². The number of rotatable bonds is 6. The Morgan fingerprint density at radius 3 is 2.63 bits per heavy atom. The highest BCUT2D eigenvalue weighted by molar-refractivity contribution is 7.89. The van der Waals surface area contributed by atoms with Gasteiger partial charge in [0.1, 0.15) is 5.75 Å². The average Bonchev–Trinajstić information content (AvgIpc) is 3.35. The van der Waals surface area contributed by atoms with Crippen molar-refractivity contribution in [2.75, 3.05) is 5.01 Å². The van der Waals surface area contributed by atoms with Crippen LogP contribution >= 0.6 is 0 Å². The van der Waals surface area contributed by atoms with Crippen molar-refractivity contribution in [1.82, 2.24) is 9.78 Å². The molecule has 1 aliphatic heterocycles. The minimum Gasteiger partial charge on any atom is -0.508 e. The zero-order valence-corrected chi connectivity index (χ0v) is 17.3. The lowest BCUT2D eigenvalue weighted by Gasteiger charge is -2.22. The van der Waals surface area contributed by atoms with Gasteiger partial charge in [-0.15, -0.1) is 0 Å². The number of aromatic hydroxyl groups is 1. The lowest BCUT2D eigenvalue weighted by atomic mass is 10.0. The molecule has 3 aromatic rings. The third-order valence-corrected chi connectivity index (χ3v) is 5.94. The summed E-state index contributed by atoms with van der Waals surface area (Å²) in [6.07, 6.45) is 5.46. The van der Waals surface area contributed by atoms with Gasteiger partial charge in [0.25, 0.3) is 0 Å². The molecule has 0 fully saturated rings. The van der Waals surface area contributed by atoms with Crippen molar-refractivity contribution in [1.29, 1.82) is 0 Å². The van der Waals surface area contributed by atoms with Crippen molar-refractivity contribution in [3.05, 3.63) is 72.1 Å². The smallest absolute Gasteiger partial charge is 0.238 e. The molecule has 3 N–H and O–H groups in total. The summed E-state index contributed by atoms with van der Waals surface area (Å²) < 4.78 is 25.1. The molecule has 0 amide bonds. The molecule has 156 valence electrons. The topological polar surface area (TPSA) is 114 Å².